The smallest absolute Gasteiger partial charge is 0.258 e. The van der Waals surface area contributed by atoms with Gasteiger partial charge in [-0.15, -0.1) is 0 Å². The lowest BCUT2D eigenvalue weighted by molar-refractivity contribution is 0.313. The molecular weight excluding hydrogens is 404 g/mol. The van der Waals surface area contributed by atoms with Crippen molar-refractivity contribution in [2.24, 2.45) is 5.73 Å². The van der Waals surface area contributed by atoms with E-state index in [0.717, 1.165) is 43.3 Å². The first-order chi connectivity index (χ1) is 15.3. The number of hydrogen-bond donors (Lipinski definition) is 2. The van der Waals surface area contributed by atoms with Crippen LogP contribution in [0.5, 0.6) is 0 Å². The van der Waals surface area contributed by atoms with Gasteiger partial charge in [0.2, 0.25) is 0 Å². The molecule has 170 valence electrons. The molecule has 9 nitrogen and oxygen atoms in total. The molecule has 1 aliphatic heterocycles. The number of nitrogens with zero attached hydrogens (tertiary/aromatic N) is 6. The van der Waals surface area contributed by atoms with Crippen molar-refractivity contribution in [3.63, 3.8) is 0 Å². The van der Waals surface area contributed by atoms with Gasteiger partial charge in [0.05, 0.1) is 34.2 Å². The summed E-state index contributed by atoms with van der Waals surface area (Å²) in [4.78, 5) is 30.6. The molecule has 0 bridgehead atoms. The number of rotatable bonds is 3. The zero-order valence-electron chi connectivity index (χ0n) is 19.5. The molecule has 4 rings (SSSR count). The lowest BCUT2D eigenvalue weighted by Gasteiger charge is -2.34. The lowest BCUT2D eigenvalue weighted by Crippen LogP contribution is -2.44. The Bertz CT molecular complexity index is 1160. The van der Waals surface area contributed by atoms with Crippen LogP contribution in [-0.2, 0) is 0 Å². The van der Waals surface area contributed by atoms with Crippen molar-refractivity contribution in [2.45, 2.75) is 13.8 Å². The van der Waals surface area contributed by atoms with Crippen molar-refractivity contribution in [3.05, 3.63) is 63.7 Å². The first-order valence-corrected chi connectivity index (χ1v) is 10.7. The van der Waals surface area contributed by atoms with E-state index in [0.29, 0.717) is 22.7 Å². The number of fused-ring (bicyclic) bond motifs is 1. The van der Waals surface area contributed by atoms with Crippen LogP contribution < -0.4 is 21.5 Å². The first-order valence-electron chi connectivity index (χ1n) is 10.7. The van der Waals surface area contributed by atoms with E-state index < -0.39 is 0 Å². The number of aryl methyl sites for hydroxylation is 2. The second-order valence-corrected chi connectivity index (χ2v) is 7.97. The van der Waals surface area contributed by atoms with E-state index in [1.165, 1.54) is 6.07 Å². The monoisotopic (exact) mass is 436 g/mol. The second kappa shape index (κ2) is 10.3. The summed E-state index contributed by atoms with van der Waals surface area (Å²) < 4.78 is 1.57. The largest absolute Gasteiger partial charge is 0.397 e. The topological polar surface area (TPSA) is 105 Å². The quantitative estimate of drug-likeness (QED) is 0.630. The minimum absolute atomic E-state index is 0.163. The van der Waals surface area contributed by atoms with Gasteiger partial charge in [0.25, 0.3) is 5.56 Å². The van der Waals surface area contributed by atoms with Crippen LogP contribution in [0.4, 0.5) is 5.69 Å². The third kappa shape index (κ3) is 5.49. The fourth-order valence-corrected chi connectivity index (χ4v) is 3.46. The average molecular weight is 437 g/mol. The van der Waals surface area contributed by atoms with E-state index in [4.69, 9.17) is 5.73 Å². The Morgan fingerprint density at radius 1 is 1.12 bits per heavy atom. The summed E-state index contributed by atoms with van der Waals surface area (Å²) in [6.45, 7) is 7.66. The highest BCUT2D eigenvalue weighted by Crippen LogP contribution is 2.17. The zero-order valence-corrected chi connectivity index (χ0v) is 19.5. The molecule has 3 aromatic heterocycles. The Morgan fingerprint density at radius 2 is 1.81 bits per heavy atom. The van der Waals surface area contributed by atoms with E-state index in [2.05, 4.69) is 37.1 Å². The summed E-state index contributed by atoms with van der Waals surface area (Å²) in [5, 5.41) is 2.75. The molecule has 9 heteroatoms. The van der Waals surface area contributed by atoms with Gasteiger partial charge in [-0.05, 0) is 53.2 Å². The van der Waals surface area contributed by atoms with Crippen molar-refractivity contribution in [1.29, 1.82) is 0 Å². The predicted molar refractivity (Wildman–Crippen MR) is 130 cm³/mol. The fraction of sp³-hybridized carbons (Fsp3) is 0.391. The summed E-state index contributed by atoms with van der Waals surface area (Å²) in [5.74, 6) is 0. The van der Waals surface area contributed by atoms with Crippen LogP contribution in [0.2, 0.25) is 0 Å². The number of likely N-dealkylation sites (N-methyl/N-ethyl adjacent to an activating group) is 1. The van der Waals surface area contributed by atoms with E-state index in [-0.39, 0.29) is 5.56 Å². The zero-order chi connectivity index (χ0) is 23.3. The summed E-state index contributed by atoms with van der Waals surface area (Å²) in [6.07, 6.45) is 5.25. The van der Waals surface area contributed by atoms with Crippen LogP contribution in [0.25, 0.3) is 17.4 Å². The van der Waals surface area contributed by atoms with Gasteiger partial charge < -0.3 is 20.9 Å². The number of hydrogen-bond acceptors (Lipinski definition) is 8. The highest BCUT2D eigenvalue weighted by atomic mass is 16.1. The highest BCUT2D eigenvalue weighted by Gasteiger charge is 2.15. The minimum atomic E-state index is -0.163. The van der Waals surface area contributed by atoms with Crippen LogP contribution in [0.3, 0.4) is 0 Å². The molecule has 3 aromatic rings. The molecule has 0 aliphatic carbocycles. The number of piperazine rings is 1. The molecule has 3 N–H and O–H groups in total. The van der Waals surface area contributed by atoms with Gasteiger partial charge in [-0.2, -0.15) is 0 Å². The molecule has 0 amide bonds. The molecule has 0 spiro atoms. The molecule has 0 aromatic carbocycles. The Morgan fingerprint density at radius 3 is 2.47 bits per heavy atom. The lowest BCUT2D eigenvalue weighted by atomic mass is 10.2. The van der Waals surface area contributed by atoms with Crippen LogP contribution in [-0.4, -0.2) is 71.6 Å². The molecule has 32 heavy (non-hydrogen) atoms. The summed E-state index contributed by atoms with van der Waals surface area (Å²) in [6, 6.07) is 5.33. The highest BCUT2D eigenvalue weighted by molar-refractivity contribution is 5.77. The maximum absolute atomic E-state index is 12.7. The third-order valence-electron chi connectivity index (χ3n) is 5.21. The Balaban J connectivity index is 0.000000913. The summed E-state index contributed by atoms with van der Waals surface area (Å²) >= 11 is 0. The molecule has 1 saturated heterocycles. The van der Waals surface area contributed by atoms with Crippen LogP contribution in [0.1, 0.15) is 22.8 Å². The Hall–Kier alpha value is -3.30. The fourth-order valence-electron chi connectivity index (χ4n) is 3.46. The molecule has 1 fully saturated rings. The molecule has 0 radical (unpaired) electrons. The van der Waals surface area contributed by atoms with Crippen molar-refractivity contribution >= 4 is 23.1 Å². The van der Waals surface area contributed by atoms with Gasteiger partial charge in [0.15, 0.2) is 0 Å². The van der Waals surface area contributed by atoms with Gasteiger partial charge >= 0.3 is 0 Å². The Kier molecular flexibility index (Phi) is 7.55. The van der Waals surface area contributed by atoms with Gasteiger partial charge in [0, 0.05) is 44.6 Å². The van der Waals surface area contributed by atoms with Crippen LogP contribution >= 0.6 is 0 Å². The van der Waals surface area contributed by atoms with Gasteiger partial charge in [0.1, 0.15) is 5.65 Å². The van der Waals surface area contributed by atoms with Gasteiger partial charge in [-0.3, -0.25) is 19.2 Å². The van der Waals surface area contributed by atoms with Crippen molar-refractivity contribution in [1.82, 2.24) is 29.6 Å². The normalized spacial score (nSPS) is 14.9. The second-order valence-electron chi connectivity index (χ2n) is 7.97. The SMILES string of the molecule is CNC.Cc1cnc(/C=C(\N)c2cc(=O)n3cc(N4CCN(C)CC4)ccc3n2)c(C)n1. The minimum Gasteiger partial charge on any atom is -0.397 e. The van der Waals surface area contributed by atoms with Gasteiger partial charge in [-0.1, -0.05) is 0 Å². The molecule has 4 heterocycles. The number of pyridine rings is 1. The Labute approximate surface area is 188 Å². The molecule has 1 aliphatic rings. The van der Waals surface area contributed by atoms with Gasteiger partial charge in [-0.25, -0.2) is 4.98 Å². The van der Waals surface area contributed by atoms with Crippen LogP contribution in [0.15, 0.2) is 35.4 Å². The molecule has 0 atom stereocenters. The van der Waals surface area contributed by atoms with E-state index >= 15 is 0 Å². The average Bonchev–Trinajstić information content (AvgIpc) is 2.76. The van der Waals surface area contributed by atoms with E-state index in [1.54, 1.807) is 16.7 Å². The third-order valence-corrected chi connectivity index (χ3v) is 5.21. The molecule has 0 unspecified atom stereocenters. The number of nitrogens with one attached hydrogen (secondary N) is 1. The molecular formula is C23H32N8O. The maximum atomic E-state index is 12.7. The number of anilines is 1. The number of nitrogens with two attached hydrogens (primary N) is 1. The first kappa shape index (κ1) is 23.4. The maximum Gasteiger partial charge on any atom is 0.258 e. The predicted octanol–water partition coefficient (Wildman–Crippen LogP) is 1.15. The van der Waals surface area contributed by atoms with Crippen molar-refractivity contribution < 1.29 is 0 Å². The molecule has 0 saturated carbocycles. The summed E-state index contributed by atoms with van der Waals surface area (Å²) in [7, 11) is 5.87. The van der Waals surface area contributed by atoms with Crippen molar-refractivity contribution in [3.8, 4) is 0 Å². The van der Waals surface area contributed by atoms with Crippen LogP contribution in [0, 0.1) is 13.8 Å². The summed E-state index contributed by atoms with van der Waals surface area (Å²) in [5.41, 5.74) is 10.8. The standard InChI is InChI=1S/C21H25N7O.C2H7N/c1-14-12-23-18(15(2)24-14)10-17(22)19-11-21(29)28-13-16(4-5-20(28)25-19)27-8-6-26(3)7-9-27;1-3-2/h4-5,10-13H,6-9,22H2,1-3H3;3H,1-2H3/b17-10-;. The van der Waals surface area contributed by atoms with E-state index in [1.807, 2.05) is 46.3 Å². The van der Waals surface area contributed by atoms with E-state index in [9.17, 15) is 4.79 Å². The number of aromatic nitrogens is 4. The van der Waals surface area contributed by atoms with Crippen molar-refractivity contribution in [2.75, 3.05) is 52.2 Å².